The lowest BCUT2D eigenvalue weighted by atomic mass is 9.56. The lowest BCUT2D eigenvalue weighted by Gasteiger charge is -2.63. The Morgan fingerprint density at radius 3 is 1.74 bits per heavy atom. The van der Waals surface area contributed by atoms with E-state index in [9.17, 15) is 0 Å². The molecule has 0 aromatic heterocycles. The summed E-state index contributed by atoms with van der Waals surface area (Å²) in [4.78, 5) is 4.75. The second-order valence-corrected chi connectivity index (χ2v) is 14.3. The second kappa shape index (κ2) is 7.36. The molecule has 0 spiro atoms. The van der Waals surface area contributed by atoms with Crippen LogP contribution >= 0.6 is 19.6 Å². The first-order chi connectivity index (χ1) is 12.8. The van der Waals surface area contributed by atoms with Gasteiger partial charge in [-0.3, -0.25) is 9.34 Å². The van der Waals surface area contributed by atoms with Crippen molar-refractivity contribution in [1.82, 2.24) is 19.1 Å². The number of nitrogens with zero attached hydrogens (tertiary/aromatic N) is 5. The third kappa shape index (κ3) is 3.34. The van der Waals surface area contributed by atoms with E-state index in [1.807, 2.05) is 0 Å². The van der Waals surface area contributed by atoms with Gasteiger partial charge in [0.05, 0.1) is 0 Å². The lowest BCUT2D eigenvalue weighted by molar-refractivity contribution is 0.0307. The second-order valence-electron chi connectivity index (χ2n) is 10.1. The van der Waals surface area contributed by atoms with E-state index >= 15 is 0 Å². The summed E-state index contributed by atoms with van der Waals surface area (Å²) in [7, 11) is 9.38. The van der Waals surface area contributed by atoms with Crippen LogP contribution < -0.4 is 0 Å². The molecular formula is C20H38N5PS. The minimum atomic E-state index is -1.88. The van der Waals surface area contributed by atoms with Crippen LogP contribution in [0.15, 0.2) is 4.74 Å². The van der Waals surface area contributed by atoms with Gasteiger partial charge in [-0.1, -0.05) is 0 Å². The number of rotatable bonds is 3. The summed E-state index contributed by atoms with van der Waals surface area (Å²) in [5, 5.41) is 1.22. The highest BCUT2D eigenvalue weighted by atomic mass is 32.1. The number of piperazine rings is 1. The molecule has 5 fully saturated rings. The normalized spacial score (nSPS) is 36.7. The number of likely N-dealkylation sites (N-methyl/N-ethyl adjacent to an activating group) is 1. The standard InChI is InChI=1S/C20H38N5PS/c1-22(2)26(23(3)4,21-19(27)25-8-6-24(5)7-9-25)20-13-16-10-17(14-20)12-18(11-16)15-20/h16-18H,6-15H2,1-5H3. The number of hydrogen-bond donors (Lipinski definition) is 0. The summed E-state index contributed by atoms with van der Waals surface area (Å²) in [5.41, 5.74) is 0. The molecule has 1 saturated heterocycles. The molecule has 0 N–H and O–H groups in total. The van der Waals surface area contributed by atoms with Crippen LogP contribution in [0.3, 0.4) is 0 Å². The third-order valence-corrected chi connectivity index (χ3v) is 12.8. The molecule has 4 aliphatic carbocycles. The average molecular weight is 412 g/mol. The maximum Gasteiger partial charge on any atom is 0.196 e. The van der Waals surface area contributed by atoms with Gasteiger partial charge < -0.3 is 9.80 Å². The first-order valence-corrected chi connectivity index (χ1v) is 12.8. The first kappa shape index (κ1) is 20.3. The van der Waals surface area contributed by atoms with Gasteiger partial charge in [-0.05, 0) is 104 Å². The molecule has 1 aliphatic heterocycles. The van der Waals surface area contributed by atoms with E-state index in [4.69, 9.17) is 17.0 Å². The van der Waals surface area contributed by atoms with E-state index < -0.39 is 7.36 Å². The molecule has 7 heteroatoms. The molecular weight excluding hydrogens is 373 g/mol. The highest BCUT2D eigenvalue weighted by Crippen LogP contribution is 2.75. The molecule has 5 aliphatic rings. The van der Waals surface area contributed by atoms with Crippen LogP contribution in [0, 0.1) is 17.8 Å². The number of thiocarbonyl (C=S) groups is 1. The van der Waals surface area contributed by atoms with Crippen LogP contribution in [-0.4, -0.2) is 90.8 Å². The molecule has 0 radical (unpaired) electrons. The molecule has 4 saturated carbocycles. The Labute approximate surface area is 171 Å². The van der Waals surface area contributed by atoms with Gasteiger partial charge in [0.15, 0.2) is 5.11 Å². The van der Waals surface area contributed by atoms with Crippen molar-refractivity contribution in [3.8, 4) is 0 Å². The van der Waals surface area contributed by atoms with Crippen LogP contribution in [0.4, 0.5) is 0 Å². The van der Waals surface area contributed by atoms with Gasteiger partial charge in [0, 0.05) is 31.3 Å². The van der Waals surface area contributed by atoms with Crippen molar-refractivity contribution in [3.63, 3.8) is 0 Å². The van der Waals surface area contributed by atoms with Crippen molar-refractivity contribution < 1.29 is 0 Å². The Balaban J connectivity index is 1.73. The van der Waals surface area contributed by atoms with E-state index in [2.05, 4.69) is 54.4 Å². The Bertz CT molecular complexity index is 591. The van der Waals surface area contributed by atoms with E-state index in [0.29, 0.717) is 5.16 Å². The summed E-state index contributed by atoms with van der Waals surface area (Å²) in [5.74, 6) is 2.80. The predicted octanol–water partition coefficient (Wildman–Crippen LogP) is 3.64. The zero-order valence-electron chi connectivity index (χ0n) is 17.9. The van der Waals surface area contributed by atoms with Crippen LogP contribution in [0.2, 0.25) is 0 Å². The minimum absolute atomic E-state index is 0.353. The van der Waals surface area contributed by atoms with E-state index in [1.54, 1.807) is 0 Å². The fraction of sp³-hybridized carbons (Fsp3) is 0.950. The number of hydrogen-bond acceptors (Lipinski definition) is 2. The summed E-state index contributed by atoms with van der Waals surface area (Å²) >= 11 is 5.97. The highest BCUT2D eigenvalue weighted by Gasteiger charge is 2.59. The van der Waals surface area contributed by atoms with Crippen molar-refractivity contribution in [2.75, 3.05) is 61.4 Å². The van der Waals surface area contributed by atoms with Crippen molar-refractivity contribution in [1.29, 1.82) is 0 Å². The predicted molar refractivity (Wildman–Crippen MR) is 119 cm³/mol. The van der Waals surface area contributed by atoms with Crippen molar-refractivity contribution in [2.24, 2.45) is 22.5 Å². The van der Waals surface area contributed by atoms with Gasteiger partial charge in [0.25, 0.3) is 0 Å². The molecule has 4 bridgehead atoms. The summed E-state index contributed by atoms with van der Waals surface area (Å²) < 4.78 is 10.5. The fourth-order valence-electron chi connectivity index (χ4n) is 7.10. The zero-order chi connectivity index (χ0) is 19.4. The maximum absolute atomic E-state index is 5.97. The van der Waals surface area contributed by atoms with Gasteiger partial charge in [-0.2, -0.15) is 0 Å². The topological polar surface area (TPSA) is 25.3 Å². The molecule has 0 atom stereocenters. The molecule has 0 aromatic rings. The van der Waals surface area contributed by atoms with E-state index in [1.165, 1.54) is 38.5 Å². The first-order valence-electron chi connectivity index (χ1n) is 10.7. The van der Waals surface area contributed by atoms with E-state index in [-0.39, 0.29) is 0 Å². The zero-order valence-corrected chi connectivity index (χ0v) is 19.6. The maximum atomic E-state index is 5.97. The van der Waals surface area contributed by atoms with Crippen LogP contribution in [0.25, 0.3) is 0 Å². The Morgan fingerprint density at radius 1 is 0.889 bits per heavy atom. The SMILES string of the molecule is CN1CCN(C(=S)N=P(N(C)C)(N(C)C)C23CC4CC(CC(C4)C2)C3)CC1. The fourth-order valence-corrected chi connectivity index (χ4v) is 12.5. The van der Waals surface area contributed by atoms with Crippen molar-refractivity contribution in [3.05, 3.63) is 0 Å². The molecule has 1 heterocycles. The molecule has 0 amide bonds. The molecule has 5 nitrogen and oxygen atoms in total. The van der Waals surface area contributed by atoms with Crippen LogP contribution in [-0.2, 0) is 0 Å². The Hall–Kier alpha value is 0.0000000000000000139. The summed E-state index contributed by atoms with van der Waals surface area (Å²) in [6, 6.07) is 0. The summed E-state index contributed by atoms with van der Waals surface area (Å²) in [6.07, 6.45) is 8.54. The highest BCUT2D eigenvalue weighted by molar-refractivity contribution is 7.81. The molecule has 5 rings (SSSR count). The molecule has 0 aromatic carbocycles. The average Bonchev–Trinajstić information content (AvgIpc) is 2.58. The van der Waals surface area contributed by atoms with Crippen LogP contribution in [0.5, 0.6) is 0 Å². The smallest absolute Gasteiger partial charge is 0.196 e. The lowest BCUT2D eigenvalue weighted by Crippen LogP contribution is -2.54. The van der Waals surface area contributed by atoms with Gasteiger partial charge in [0.1, 0.15) is 7.36 Å². The Kier molecular flexibility index (Phi) is 5.53. The summed E-state index contributed by atoms with van der Waals surface area (Å²) in [6.45, 7) is 4.20. The van der Waals surface area contributed by atoms with Gasteiger partial charge in [0.2, 0.25) is 0 Å². The van der Waals surface area contributed by atoms with E-state index in [0.717, 1.165) is 49.0 Å². The molecule has 154 valence electrons. The van der Waals surface area contributed by atoms with Gasteiger partial charge >= 0.3 is 0 Å². The van der Waals surface area contributed by atoms with Crippen LogP contribution in [0.1, 0.15) is 38.5 Å². The van der Waals surface area contributed by atoms with Crippen molar-refractivity contribution >= 4 is 24.7 Å². The molecule has 27 heavy (non-hydrogen) atoms. The Morgan fingerprint density at radius 2 is 1.33 bits per heavy atom. The largest absolute Gasteiger partial charge is 0.345 e. The van der Waals surface area contributed by atoms with Gasteiger partial charge in [-0.25, -0.2) is 4.74 Å². The van der Waals surface area contributed by atoms with Crippen molar-refractivity contribution in [2.45, 2.75) is 43.7 Å². The minimum Gasteiger partial charge on any atom is -0.345 e. The monoisotopic (exact) mass is 411 g/mol. The quantitative estimate of drug-likeness (QED) is 0.522. The van der Waals surface area contributed by atoms with Gasteiger partial charge in [-0.15, -0.1) is 0 Å². The third-order valence-electron chi connectivity index (χ3n) is 7.76. The molecule has 0 unspecified atom stereocenters.